The van der Waals surface area contributed by atoms with Gasteiger partial charge in [-0.25, -0.2) is 0 Å². The smallest absolute Gasteiger partial charge is 0.271 e. The maximum Gasteiger partial charge on any atom is 0.271 e. The minimum Gasteiger partial charge on any atom is -0.330 e. The monoisotopic (exact) mass is 259 g/mol. The Bertz CT molecular complexity index is 231. The van der Waals surface area contributed by atoms with Crippen molar-refractivity contribution in [3.05, 3.63) is 0 Å². The second-order valence-electron chi connectivity index (χ2n) is 6.26. The van der Waals surface area contributed by atoms with E-state index in [2.05, 4.69) is 33.0 Å². The van der Waals surface area contributed by atoms with Crippen molar-refractivity contribution in [2.45, 2.75) is 78.0 Å². The standard InChI is InChI=1S/C14H29NO3/c1-7-16-12(17-8-2)18-11-9-13(3,4)15-14(5,6)10-11/h11-12,15H,7-10H2,1-6H3. The Morgan fingerprint density at radius 3 is 1.83 bits per heavy atom. The largest absolute Gasteiger partial charge is 0.330 e. The molecule has 0 aliphatic carbocycles. The van der Waals surface area contributed by atoms with Crippen LogP contribution < -0.4 is 5.32 Å². The molecule has 0 amide bonds. The Hall–Kier alpha value is -0.160. The fourth-order valence-electron chi connectivity index (χ4n) is 2.88. The third kappa shape index (κ3) is 5.22. The molecular formula is C14H29NO3. The van der Waals surface area contributed by atoms with Crippen LogP contribution in [0.3, 0.4) is 0 Å². The van der Waals surface area contributed by atoms with Crippen LogP contribution in [0.5, 0.6) is 0 Å². The zero-order valence-electron chi connectivity index (χ0n) is 12.7. The molecule has 0 atom stereocenters. The Morgan fingerprint density at radius 2 is 1.44 bits per heavy atom. The van der Waals surface area contributed by atoms with Crippen molar-refractivity contribution in [2.24, 2.45) is 0 Å². The molecular weight excluding hydrogens is 230 g/mol. The van der Waals surface area contributed by atoms with Crippen LogP contribution in [0.1, 0.15) is 54.4 Å². The molecule has 0 saturated carbocycles. The van der Waals surface area contributed by atoms with Crippen molar-refractivity contribution in [2.75, 3.05) is 13.2 Å². The fraction of sp³-hybridized carbons (Fsp3) is 1.00. The van der Waals surface area contributed by atoms with Gasteiger partial charge in [-0.1, -0.05) is 0 Å². The van der Waals surface area contributed by atoms with E-state index in [4.69, 9.17) is 14.2 Å². The Kier molecular flexibility index (Phi) is 5.59. The molecule has 0 unspecified atom stereocenters. The molecule has 0 spiro atoms. The van der Waals surface area contributed by atoms with Crippen LogP contribution in [0.2, 0.25) is 0 Å². The summed E-state index contributed by atoms with van der Waals surface area (Å²) in [5, 5.41) is 3.64. The van der Waals surface area contributed by atoms with Gasteiger partial charge in [0, 0.05) is 24.3 Å². The first-order valence-electron chi connectivity index (χ1n) is 6.96. The first-order chi connectivity index (χ1) is 8.28. The average molecular weight is 259 g/mol. The van der Waals surface area contributed by atoms with Crippen LogP contribution in [-0.4, -0.2) is 36.9 Å². The molecule has 1 N–H and O–H groups in total. The Morgan fingerprint density at radius 1 is 1.00 bits per heavy atom. The highest BCUT2D eigenvalue weighted by Crippen LogP contribution is 2.31. The van der Waals surface area contributed by atoms with Gasteiger partial charge in [-0.05, 0) is 54.4 Å². The number of piperidine rings is 1. The van der Waals surface area contributed by atoms with Crippen LogP contribution in [0, 0.1) is 0 Å². The fourth-order valence-corrected chi connectivity index (χ4v) is 2.88. The lowest BCUT2D eigenvalue weighted by atomic mass is 9.81. The van der Waals surface area contributed by atoms with Gasteiger partial charge in [0.25, 0.3) is 6.48 Å². The molecule has 1 rings (SSSR count). The summed E-state index contributed by atoms with van der Waals surface area (Å²) in [5.74, 6) is 0. The van der Waals surface area contributed by atoms with Gasteiger partial charge in [0.05, 0.1) is 6.10 Å². The number of nitrogens with one attached hydrogen (secondary N) is 1. The SMILES string of the molecule is CCOC(OCC)OC1CC(C)(C)NC(C)(C)C1. The topological polar surface area (TPSA) is 39.7 Å². The van der Waals surface area contributed by atoms with Gasteiger partial charge in [-0.15, -0.1) is 0 Å². The van der Waals surface area contributed by atoms with E-state index in [1.165, 1.54) is 0 Å². The quantitative estimate of drug-likeness (QED) is 0.744. The van der Waals surface area contributed by atoms with Crippen molar-refractivity contribution in [1.29, 1.82) is 0 Å². The highest BCUT2D eigenvalue weighted by molar-refractivity contribution is 4.97. The Labute approximate surface area is 111 Å². The molecule has 18 heavy (non-hydrogen) atoms. The molecule has 1 saturated heterocycles. The van der Waals surface area contributed by atoms with E-state index in [9.17, 15) is 0 Å². The van der Waals surface area contributed by atoms with Crippen LogP contribution >= 0.6 is 0 Å². The predicted molar refractivity (Wildman–Crippen MR) is 72.4 cm³/mol. The van der Waals surface area contributed by atoms with Gasteiger partial charge in [0.15, 0.2) is 0 Å². The van der Waals surface area contributed by atoms with Gasteiger partial charge in [-0.3, -0.25) is 0 Å². The Balaban J connectivity index is 2.58. The van der Waals surface area contributed by atoms with Crippen molar-refractivity contribution in [3.8, 4) is 0 Å². The third-order valence-electron chi connectivity index (χ3n) is 3.06. The lowest BCUT2D eigenvalue weighted by Crippen LogP contribution is -2.60. The van der Waals surface area contributed by atoms with E-state index in [0.29, 0.717) is 13.2 Å². The first-order valence-corrected chi connectivity index (χ1v) is 6.96. The zero-order valence-corrected chi connectivity index (χ0v) is 12.7. The van der Waals surface area contributed by atoms with Crippen LogP contribution in [0.4, 0.5) is 0 Å². The van der Waals surface area contributed by atoms with E-state index in [1.54, 1.807) is 0 Å². The lowest BCUT2D eigenvalue weighted by molar-refractivity contribution is -0.307. The lowest BCUT2D eigenvalue weighted by Gasteiger charge is -2.46. The molecule has 0 aromatic heterocycles. The van der Waals surface area contributed by atoms with Crippen LogP contribution in [-0.2, 0) is 14.2 Å². The van der Waals surface area contributed by atoms with E-state index in [-0.39, 0.29) is 17.2 Å². The molecule has 4 nitrogen and oxygen atoms in total. The van der Waals surface area contributed by atoms with E-state index >= 15 is 0 Å². The summed E-state index contributed by atoms with van der Waals surface area (Å²) in [6, 6.07) is 0. The highest BCUT2D eigenvalue weighted by atomic mass is 16.8. The molecule has 0 aromatic rings. The zero-order chi connectivity index (χ0) is 13.8. The number of hydrogen-bond acceptors (Lipinski definition) is 4. The van der Waals surface area contributed by atoms with Gasteiger partial charge in [0.1, 0.15) is 0 Å². The molecule has 0 aromatic carbocycles. The second kappa shape index (κ2) is 6.33. The predicted octanol–water partition coefficient (Wildman–Crippen LogP) is 2.67. The number of hydrogen-bond donors (Lipinski definition) is 1. The van der Waals surface area contributed by atoms with Gasteiger partial charge < -0.3 is 19.5 Å². The number of rotatable bonds is 6. The summed E-state index contributed by atoms with van der Waals surface area (Å²) in [5.41, 5.74) is 0.158. The highest BCUT2D eigenvalue weighted by Gasteiger charge is 2.39. The molecule has 0 bridgehead atoms. The van der Waals surface area contributed by atoms with Crippen molar-refractivity contribution >= 4 is 0 Å². The summed E-state index contributed by atoms with van der Waals surface area (Å²) < 4.78 is 16.9. The second-order valence-corrected chi connectivity index (χ2v) is 6.26. The van der Waals surface area contributed by atoms with Crippen molar-refractivity contribution in [3.63, 3.8) is 0 Å². The minimum atomic E-state index is -0.533. The van der Waals surface area contributed by atoms with Gasteiger partial charge in [0.2, 0.25) is 0 Å². The number of ether oxygens (including phenoxy) is 3. The molecule has 1 aliphatic heterocycles. The normalized spacial score (nSPS) is 23.5. The summed E-state index contributed by atoms with van der Waals surface area (Å²) in [7, 11) is 0. The van der Waals surface area contributed by atoms with Crippen LogP contribution in [0.25, 0.3) is 0 Å². The van der Waals surface area contributed by atoms with Crippen molar-refractivity contribution in [1.82, 2.24) is 5.32 Å². The molecule has 108 valence electrons. The van der Waals surface area contributed by atoms with Gasteiger partial charge in [-0.2, -0.15) is 0 Å². The van der Waals surface area contributed by atoms with Crippen molar-refractivity contribution < 1.29 is 14.2 Å². The molecule has 1 heterocycles. The molecule has 0 radical (unpaired) electrons. The van der Waals surface area contributed by atoms with E-state index in [0.717, 1.165) is 12.8 Å². The summed E-state index contributed by atoms with van der Waals surface area (Å²) in [6.07, 6.45) is 2.10. The summed E-state index contributed by atoms with van der Waals surface area (Å²) >= 11 is 0. The molecule has 4 heteroatoms. The summed E-state index contributed by atoms with van der Waals surface area (Å²) in [6.45, 7) is 13.4. The average Bonchev–Trinajstić information content (AvgIpc) is 2.12. The maximum atomic E-state index is 5.96. The third-order valence-corrected chi connectivity index (χ3v) is 3.06. The first kappa shape index (κ1) is 15.9. The minimum absolute atomic E-state index is 0.0788. The molecule has 1 fully saturated rings. The van der Waals surface area contributed by atoms with E-state index in [1.807, 2.05) is 13.8 Å². The molecule has 1 aliphatic rings. The van der Waals surface area contributed by atoms with Gasteiger partial charge >= 0.3 is 0 Å². The van der Waals surface area contributed by atoms with E-state index < -0.39 is 6.48 Å². The summed E-state index contributed by atoms with van der Waals surface area (Å²) in [4.78, 5) is 0. The maximum absolute atomic E-state index is 5.96. The van der Waals surface area contributed by atoms with Crippen LogP contribution in [0.15, 0.2) is 0 Å².